The average molecular weight is 430 g/mol. The zero-order valence-corrected chi connectivity index (χ0v) is 17.0. The highest BCUT2D eigenvalue weighted by Gasteiger charge is 2.29. The third-order valence-electron chi connectivity index (χ3n) is 4.90. The summed E-state index contributed by atoms with van der Waals surface area (Å²) in [6.45, 7) is 1.77. The lowest BCUT2D eigenvalue weighted by Gasteiger charge is -2.33. The van der Waals surface area contributed by atoms with Crippen molar-refractivity contribution in [2.75, 3.05) is 25.5 Å². The second-order valence-corrected chi connectivity index (χ2v) is 7.70. The maximum absolute atomic E-state index is 12.8. The summed E-state index contributed by atoms with van der Waals surface area (Å²) in [6, 6.07) is 17.3. The highest BCUT2D eigenvalue weighted by molar-refractivity contribution is 9.10. The van der Waals surface area contributed by atoms with Crippen molar-refractivity contribution < 1.29 is 9.59 Å². The molecule has 0 aromatic heterocycles. The zero-order chi connectivity index (χ0) is 19.2. The minimum Gasteiger partial charge on any atom is -0.341 e. The highest BCUT2D eigenvalue weighted by atomic mass is 79.9. The van der Waals surface area contributed by atoms with Gasteiger partial charge in [-0.2, -0.15) is 0 Å². The van der Waals surface area contributed by atoms with Crippen LogP contribution in [-0.4, -0.2) is 41.9 Å². The number of nitrogens with zero attached hydrogens (tertiary/aromatic N) is 2. The van der Waals surface area contributed by atoms with E-state index in [1.165, 1.54) is 0 Å². The van der Waals surface area contributed by atoms with Gasteiger partial charge in [-0.1, -0.05) is 52.3 Å². The lowest BCUT2D eigenvalue weighted by Crippen LogP contribution is -2.44. The Kier molecular flexibility index (Phi) is 6.50. The first kappa shape index (κ1) is 19.4. The predicted molar refractivity (Wildman–Crippen MR) is 110 cm³/mol. The highest BCUT2D eigenvalue weighted by Crippen LogP contribution is 2.23. The molecule has 2 aromatic carbocycles. The third kappa shape index (κ3) is 5.10. The number of urea groups is 1. The SMILES string of the molecule is CN(Cc1ccccc1Br)C(=O)C1CCN(C(=O)Nc2ccccc2)CC1. The molecule has 0 spiro atoms. The molecule has 1 N–H and O–H groups in total. The van der Waals surface area contributed by atoms with Gasteiger partial charge in [0, 0.05) is 42.8 Å². The van der Waals surface area contributed by atoms with Crippen LogP contribution in [-0.2, 0) is 11.3 Å². The van der Waals surface area contributed by atoms with Crippen LogP contribution in [0.2, 0.25) is 0 Å². The number of nitrogens with one attached hydrogen (secondary N) is 1. The Hall–Kier alpha value is -2.34. The van der Waals surface area contributed by atoms with Gasteiger partial charge in [-0.3, -0.25) is 4.79 Å². The molecule has 1 fully saturated rings. The summed E-state index contributed by atoms with van der Waals surface area (Å²) in [7, 11) is 1.84. The molecule has 142 valence electrons. The molecular weight excluding hydrogens is 406 g/mol. The Morgan fingerprint density at radius 3 is 2.37 bits per heavy atom. The summed E-state index contributed by atoms with van der Waals surface area (Å²) >= 11 is 3.53. The fourth-order valence-electron chi connectivity index (χ4n) is 3.33. The molecule has 1 aliphatic rings. The van der Waals surface area contributed by atoms with E-state index in [0.29, 0.717) is 32.5 Å². The van der Waals surface area contributed by atoms with Crippen LogP contribution in [0.25, 0.3) is 0 Å². The smallest absolute Gasteiger partial charge is 0.321 e. The summed E-state index contributed by atoms with van der Waals surface area (Å²) in [5.41, 5.74) is 1.88. The Bertz CT molecular complexity index is 789. The van der Waals surface area contributed by atoms with Crippen molar-refractivity contribution in [1.82, 2.24) is 9.80 Å². The zero-order valence-electron chi connectivity index (χ0n) is 15.4. The van der Waals surface area contributed by atoms with Crippen LogP contribution >= 0.6 is 15.9 Å². The molecule has 5 nitrogen and oxygen atoms in total. The van der Waals surface area contributed by atoms with Crippen LogP contribution in [0, 0.1) is 5.92 Å². The number of hydrogen-bond donors (Lipinski definition) is 1. The molecule has 1 heterocycles. The van der Waals surface area contributed by atoms with E-state index >= 15 is 0 Å². The van der Waals surface area contributed by atoms with Gasteiger partial charge in [-0.25, -0.2) is 4.79 Å². The van der Waals surface area contributed by atoms with Crippen LogP contribution < -0.4 is 5.32 Å². The Labute approximate surface area is 168 Å². The molecule has 2 aromatic rings. The Balaban J connectivity index is 1.50. The van der Waals surface area contributed by atoms with E-state index in [2.05, 4.69) is 21.2 Å². The molecule has 3 amide bonds. The fourth-order valence-corrected chi connectivity index (χ4v) is 3.74. The van der Waals surface area contributed by atoms with Crippen molar-refractivity contribution in [3.05, 3.63) is 64.6 Å². The Morgan fingerprint density at radius 1 is 1.07 bits per heavy atom. The quantitative estimate of drug-likeness (QED) is 0.784. The summed E-state index contributed by atoms with van der Waals surface area (Å²) in [5, 5.41) is 2.90. The number of benzene rings is 2. The maximum Gasteiger partial charge on any atom is 0.321 e. The molecule has 0 unspecified atom stereocenters. The fraction of sp³-hybridized carbons (Fsp3) is 0.333. The second-order valence-electron chi connectivity index (χ2n) is 6.84. The van der Waals surface area contributed by atoms with Crippen LogP contribution in [0.4, 0.5) is 10.5 Å². The molecule has 27 heavy (non-hydrogen) atoms. The van der Waals surface area contributed by atoms with Crippen molar-refractivity contribution in [2.45, 2.75) is 19.4 Å². The van der Waals surface area contributed by atoms with Crippen molar-refractivity contribution >= 4 is 33.6 Å². The number of rotatable bonds is 4. The number of amides is 3. The van der Waals surface area contributed by atoms with Crippen LogP contribution in [0.3, 0.4) is 0 Å². The second kappa shape index (κ2) is 9.04. The van der Waals surface area contributed by atoms with E-state index in [-0.39, 0.29) is 17.9 Å². The molecule has 1 saturated heterocycles. The monoisotopic (exact) mass is 429 g/mol. The Morgan fingerprint density at radius 2 is 1.70 bits per heavy atom. The van der Waals surface area contributed by atoms with Gasteiger partial charge >= 0.3 is 6.03 Å². The molecule has 1 aliphatic heterocycles. The van der Waals surface area contributed by atoms with Gasteiger partial charge in [-0.05, 0) is 36.6 Å². The standard InChI is InChI=1S/C21H24BrN3O2/c1-24(15-17-7-5-6-10-19(17)22)20(26)16-11-13-25(14-12-16)21(27)23-18-8-3-2-4-9-18/h2-10,16H,11-15H2,1H3,(H,23,27). The number of anilines is 1. The maximum atomic E-state index is 12.8. The minimum absolute atomic E-state index is 0.0294. The van der Waals surface area contributed by atoms with Gasteiger partial charge in [0.2, 0.25) is 5.91 Å². The van der Waals surface area contributed by atoms with Gasteiger partial charge in [0.15, 0.2) is 0 Å². The van der Waals surface area contributed by atoms with E-state index in [1.54, 1.807) is 9.80 Å². The topological polar surface area (TPSA) is 52.7 Å². The summed E-state index contributed by atoms with van der Waals surface area (Å²) in [5.74, 6) is 0.118. The van der Waals surface area contributed by atoms with Gasteiger partial charge in [0.05, 0.1) is 0 Å². The van der Waals surface area contributed by atoms with E-state index in [1.807, 2.05) is 61.6 Å². The van der Waals surface area contributed by atoms with Gasteiger partial charge in [-0.15, -0.1) is 0 Å². The summed E-state index contributed by atoms with van der Waals surface area (Å²) in [4.78, 5) is 28.7. The summed E-state index contributed by atoms with van der Waals surface area (Å²) < 4.78 is 1.01. The first-order valence-corrected chi connectivity index (χ1v) is 9.93. The normalized spacial score (nSPS) is 14.7. The molecule has 6 heteroatoms. The molecule has 0 saturated carbocycles. The van der Waals surface area contributed by atoms with Gasteiger partial charge in [0.1, 0.15) is 0 Å². The van der Waals surface area contributed by atoms with E-state index in [0.717, 1.165) is 15.7 Å². The number of likely N-dealkylation sites (tertiary alicyclic amines) is 1. The van der Waals surface area contributed by atoms with Crippen molar-refractivity contribution in [1.29, 1.82) is 0 Å². The number of halogens is 1. The van der Waals surface area contributed by atoms with Crippen molar-refractivity contribution in [3.8, 4) is 0 Å². The van der Waals surface area contributed by atoms with Gasteiger partial charge in [0.25, 0.3) is 0 Å². The van der Waals surface area contributed by atoms with Crippen LogP contribution in [0.15, 0.2) is 59.1 Å². The first-order chi connectivity index (χ1) is 13.0. The number of hydrogen-bond acceptors (Lipinski definition) is 2. The lowest BCUT2D eigenvalue weighted by atomic mass is 9.95. The van der Waals surface area contributed by atoms with E-state index in [4.69, 9.17) is 0 Å². The van der Waals surface area contributed by atoms with Crippen molar-refractivity contribution in [2.24, 2.45) is 5.92 Å². The predicted octanol–water partition coefficient (Wildman–Crippen LogP) is 4.35. The molecule has 3 rings (SSSR count). The van der Waals surface area contributed by atoms with Crippen molar-refractivity contribution in [3.63, 3.8) is 0 Å². The molecule has 0 atom stereocenters. The first-order valence-electron chi connectivity index (χ1n) is 9.14. The molecule has 0 bridgehead atoms. The van der Waals surface area contributed by atoms with E-state index < -0.39 is 0 Å². The number of para-hydroxylation sites is 1. The summed E-state index contributed by atoms with van der Waals surface area (Å²) in [6.07, 6.45) is 1.39. The average Bonchev–Trinajstić information content (AvgIpc) is 2.70. The lowest BCUT2D eigenvalue weighted by molar-refractivity contribution is -0.136. The van der Waals surface area contributed by atoms with E-state index in [9.17, 15) is 9.59 Å². The molecule has 0 aliphatic carbocycles. The van der Waals surface area contributed by atoms with Gasteiger partial charge < -0.3 is 15.1 Å². The number of carbonyl (C=O) groups excluding carboxylic acids is 2. The largest absolute Gasteiger partial charge is 0.341 e. The molecular formula is C21H24BrN3O2. The number of carbonyl (C=O) groups is 2. The van der Waals surface area contributed by atoms with Crippen LogP contribution in [0.1, 0.15) is 18.4 Å². The molecule has 0 radical (unpaired) electrons. The van der Waals surface area contributed by atoms with Crippen LogP contribution in [0.5, 0.6) is 0 Å². The number of piperidine rings is 1. The third-order valence-corrected chi connectivity index (χ3v) is 5.67. The minimum atomic E-state index is -0.103.